The summed E-state index contributed by atoms with van der Waals surface area (Å²) in [6.45, 7) is 3.21. The summed E-state index contributed by atoms with van der Waals surface area (Å²) in [6.07, 6.45) is 3.92. The van der Waals surface area contributed by atoms with E-state index in [-0.39, 0.29) is 18.3 Å². The molecule has 0 unspecified atom stereocenters. The molecule has 3 rings (SSSR count). The van der Waals surface area contributed by atoms with E-state index in [9.17, 15) is 4.79 Å². The molecule has 1 heterocycles. The maximum atomic E-state index is 12.3. The van der Waals surface area contributed by atoms with E-state index in [1.165, 1.54) is 12.8 Å². The van der Waals surface area contributed by atoms with E-state index in [0.717, 1.165) is 36.3 Å². The Bertz CT molecular complexity index is 688. The lowest BCUT2D eigenvalue weighted by molar-refractivity contribution is -0.116. The minimum Gasteiger partial charge on any atom is -0.372 e. The third-order valence-electron chi connectivity index (χ3n) is 4.90. The Morgan fingerprint density at radius 2 is 1.70 bits per heavy atom. The number of anilines is 1. The van der Waals surface area contributed by atoms with Crippen LogP contribution in [0, 0.1) is 5.92 Å². The molecule has 2 N–H and O–H groups in total. The van der Waals surface area contributed by atoms with Gasteiger partial charge < -0.3 is 15.4 Å². The van der Waals surface area contributed by atoms with Crippen molar-refractivity contribution in [2.24, 2.45) is 5.92 Å². The molecule has 2 aromatic rings. The number of carbonyl (C=O) groups is 1. The van der Waals surface area contributed by atoms with Crippen molar-refractivity contribution in [1.82, 2.24) is 5.32 Å². The maximum absolute atomic E-state index is 12.3. The molecule has 0 bridgehead atoms. The second-order valence-corrected chi connectivity index (χ2v) is 6.92. The Labute approximate surface area is 168 Å². The van der Waals surface area contributed by atoms with Gasteiger partial charge in [0.05, 0.1) is 13.2 Å². The van der Waals surface area contributed by atoms with Crippen LogP contribution in [-0.4, -0.2) is 19.0 Å². The van der Waals surface area contributed by atoms with Crippen molar-refractivity contribution >= 4 is 24.0 Å². The largest absolute Gasteiger partial charge is 0.372 e. The van der Waals surface area contributed by atoms with Crippen molar-refractivity contribution in [3.8, 4) is 0 Å². The van der Waals surface area contributed by atoms with E-state index >= 15 is 0 Å². The van der Waals surface area contributed by atoms with Crippen molar-refractivity contribution in [1.29, 1.82) is 0 Å². The van der Waals surface area contributed by atoms with Gasteiger partial charge in [-0.15, -0.1) is 12.4 Å². The fraction of sp³-hybridized carbons (Fsp3) is 0.409. The quantitative estimate of drug-likeness (QED) is 0.697. The predicted octanol–water partition coefficient (Wildman–Crippen LogP) is 4.54. The summed E-state index contributed by atoms with van der Waals surface area (Å²) < 4.78 is 5.82. The van der Waals surface area contributed by atoms with Gasteiger partial charge in [0.15, 0.2) is 0 Å². The zero-order chi connectivity index (χ0) is 18.0. The van der Waals surface area contributed by atoms with Crippen LogP contribution < -0.4 is 10.6 Å². The Morgan fingerprint density at radius 1 is 1.00 bits per heavy atom. The molecule has 1 aliphatic rings. The van der Waals surface area contributed by atoms with Gasteiger partial charge in [-0.1, -0.05) is 48.5 Å². The van der Waals surface area contributed by atoms with Crippen LogP contribution in [0.2, 0.25) is 0 Å². The second-order valence-electron chi connectivity index (χ2n) is 6.92. The number of hydrogen-bond donors (Lipinski definition) is 2. The first-order chi connectivity index (χ1) is 12.8. The van der Waals surface area contributed by atoms with Gasteiger partial charge in [0.2, 0.25) is 5.91 Å². The minimum atomic E-state index is 0. The van der Waals surface area contributed by atoms with E-state index in [1.807, 2.05) is 42.5 Å². The summed E-state index contributed by atoms with van der Waals surface area (Å²) in [5, 5.41) is 6.43. The second kappa shape index (κ2) is 11.8. The molecule has 0 saturated carbocycles. The van der Waals surface area contributed by atoms with Crippen LogP contribution >= 0.6 is 12.4 Å². The van der Waals surface area contributed by atoms with Crippen molar-refractivity contribution in [3.63, 3.8) is 0 Å². The summed E-state index contributed by atoms with van der Waals surface area (Å²) >= 11 is 0. The van der Waals surface area contributed by atoms with Crippen molar-refractivity contribution in [2.75, 3.05) is 18.4 Å². The van der Waals surface area contributed by atoms with Crippen LogP contribution in [0.5, 0.6) is 0 Å². The fourth-order valence-electron chi connectivity index (χ4n) is 3.34. The number of benzene rings is 2. The van der Waals surface area contributed by atoms with Crippen molar-refractivity contribution in [3.05, 3.63) is 65.7 Å². The number of carbonyl (C=O) groups excluding carboxylic acids is 1. The molecule has 1 aliphatic heterocycles. The van der Waals surface area contributed by atoms with E-state index in [2.05, 4.69) is 22.8 Å². The number of hydrogen-bond acceptors (Lipinski definition) is 3. The van der Waals surface area contributed by atoms with E-state index < -0.39 is 0 Å². The molecular weight excluding hydrogens is 360 g/mol. The summed E-state index contributed by atoms with van der Waals surface area (Å²) in [7, 11) is 0. The SMILES string of the molecule is Cl.O=C(CCC1CCNCC1)Nc1ccccc1COCc1ccccc1. The first-order valence-corrected chi connectivity index (χ1v) is 9.51. The molecule has 4 nitrogen and oxygen atoms in total. The highest BCUT2D eigenvalue weighted by Crippen LogP contribution is 2.20. The predicted molar refractivity (Wildman–Crippen MR) is 112 cm³/mol. The monoisotopic (exact) mass is 388 g/mol. The molecule has 1 amide bonds. The van der Waals surface area contributed by atoms with E-state index in [1.54, 1.807) is 0 Å². The number of nitrogens with one attached hydrogen (secondary N) is 2. The van der Waals surface area contributed by atoms with Crippen LogP contribution in [0.3, 0.4) is 0 Å². The van der Waals surface area contributed by atoms with E-state index in [4.69, 9.17) is 4.74 Å². The number of piperidine rings is 1. The van der Waals surface area contributed by atoms with Crippen molar-refractivity contribution < 1.29 is 9.53 Å². The summed E-state index contributed by atoms with van der Waals surface area (Å²) in [5.41, 5.74) is 3.02. The van der Waals surface area contributed by atoms with Crippen LogP contribution in [-0.2, 0) is 22.7 Å². The summed E-state index contributed by atoms with van der Waals surface area (Å²) in [4.78, 5) is 12.3. The van der Waals surface area contributed by atoms with Gasteiger partial charge >= 0.3 is 0 Å². The van der Waals surface area contributed by atoms with Gasteiger partial charge in [0.1, 0.15) is 0 Å². The maximum Gasteiger partial charge on any atom is 0.224 e. The van der Waals surface area contributed by atoms with E-state index in [0.29, 0.717) is 25.6 Å². The smallest absolute Gasteiger partial charge is 0.224 e. The molecule has 27 heavy (non-hydrogen) atoms. The third kappa shape index (κ3) is 7.33. The average Bonchev–Trinajstić information content (AvgIpc) is 2.69. The van der Waals surface area contributed by atoms with Gasteiger partial charge in [0.25, 0.3) is 0 Å². The van der Waals surface area contributed by atoms with Crippen molar-refractivity contribution in [2.45, 2.75) is 38.9 Å². The van der Waals surface area contributed by atoms with Gasteiger partial charge in [-0.2, -0.15) is 0 Å². The Hall–Kier alpha value is -1.88. The number of halogens is 1. The topological polar surface area (TPSA) is 50.4 Å². The molecule has 0 atom stereocenters. The average molecular weight is 389 g/mol. The lowest BCUT2D eigenvalue weighted by atomic mass is 9.93. The molecule has 1 saturated heterocycles. The van der Waals surface area contributed by atoms with Gasteiger partial charge in [-0.25, -0.2) is 0 Å². The highest BCUT2D eigenvalue weighted by Gasteiger charge is 2.15. The molecule has 0 aliphatic carbocycles. The highest BCUT2D eigenvalue weighted by atomic mass is 35.5. The van der Waals surface area contributed by atoms with Gasteiger partial charge in [0, 0.05) is 17.7 Å². The minimum absolute atomic E-state index is 0. The van der Waals surface area contributed by atoms with Crippen LogP contribution in [0.1, 0.15) is 36.8 Å². The third-order valence-corrected chi connectivity index (χ3v) is 4.90. The normalized spacial score (nSPS) is 14.4. The zero-order valence-electron chi connectivity index (χ0n) is 15.7. The number of amides is 1. The standard InChI is InChI=1S/C22H28N2O2.ClH/c25-22(11-10-18-12-14-23-15-13-18)24-21-9-5-4-8-20(21)17-26-16-19-6-2-1-3-7-19;/h1-9,18,23H,10-17H2,(H,24,25);1H. The molecule has 0 spiro atoms. The lowest BCUT2D eigenvalue weighted by Crippen LogP contribution is -2.28. The number of ether oxygens (including phenoxy) is 1. The Balaban J connectivity index is 0.00000261. The zero-order valence-corrected chi connectivity index (χ0v) is 16.5. The van der Waals surface area contributed by atoms with Gasteiger partial charge in [-0.3, -0.25) is 4.79 Å². The molecular formula is C22H29ClN2O2. The van der Waals surface area contributed by atoms with Crippen LogP contribution in [0.15, 0.2) is 54.6 Å². The summed E-state index contributed by atoms with van der Waals surface area (Å²) in [5.74, 6) is 0.769. The molecule has 0 radical (unpaired) electrons. The molecule has 146 valence electrons. The first-order valence-electron chi connectivity index (χ1n) is 9.51. The highest BCUT2D eigenvalue weighted by molar-refractivity contribution is 5.91. The fourth-order valence-corrected chi connectivity index (χ4v) is 3.34. The molecule has 0 aromatic heterocycles. The lowest BCUT2D eigenvalue weighted by Gasteiger charge is -2.22. The number of para-hydroxylation sites is 1. The molecule has 5 heteroatoms. The Kier molecular flexibility index (Phi) is 9.32. The number of rotatable bonds is 8. The summed E-state index contributed by atoms with van der Waals surface area (Å²) in [6, 6.07) is 18.0. The molecule has 1 fully saturated rings. The van der Waals surface area contributed by atoms with Crippen LogP contribution in [0.25, 0.3) is 0 Å². The first kappa shape index (κ1) is 21.4. The van der Waals surface area contributed by atoms with Crippen LogP contribution in [0.4, 0.5) is 5.69 Å². The Morgan fingerprint density at radius 3 is 2.48 bits per heavy atom. The molecule has 2 aromatic carbocycles. The van der Waals surface area contributed by atoms with Gasteiger partial charge in [-0.05, 0) is 49.9 Å².